The minimum atomic E-state index is -0.477. The Kier molecular flexibility index (Phi) is 4.25. The van der Waals surface area contributed by atoms with Crippen molar-refractivity contribution in [2.24, 2.45) is 0 Å². The van der Waals surface area contributed by atoms with Gasteiger partial charge in [-0.15, -0.1) is 23.1 Å². The molecule has 0 saturated heterocycles. The highest BCUT2D eigenvalue weighted by atomic mass is 32.2. The lowest BCUT2D eigenvalue weighted by atomic mass is 9.81. The van der Waals surface area contributed by atoms with E-state index in [4.69, 9.17) is 0 Å². The van der Waals surface area contributed by atoms with Crippen LogP contribution >= 0.6 is 23.1 Å². The topological polar surface area (TPSA) is 0 Å². The maximum Gasteiger partial charge on any atom is 0.0775 e. The van der Waals surface area contributed by atoms with Gasteiger partial charge in [-0.2, -0.15) is 0 Å². The fourth-order valence-electron chi connectivity index (χ4n) is 5.34. The molecule has 0 spiro atoms. The zero-order valence-electron chi connectivity index (χ0n) is 17.8. The molecule has 0 nitrogen and oxygen atoms in total. The Morgan fingerprint density at radius 2 is 1.64 bits per heavy atom. The van der Waals surface area contributed by atoms with Crippen LogP contribution < -0.4 is 9.75 Å². The second-order valence-corrected chi connectivity index (χ2v) is 13.9. The Morgan fingerprint density at radius 3 is 2.36 bits per heavy atom. The van der Waals surface area contributed by atoms with Crippen LogP contribution in [0.2, 0.25) is 13.1 Å². The zero-order chi connectivity index (χ0) is 19.9. The Balaban J connectivity index is 1.79. The number of benzene rings is 1. The third-order valence-corrected chi connectivity index (χ3v) is 10.9. The van der Waals surface area contributed by atoms with Gasteiger partial charge in [-0.05, 0) is 89.4 Å². The smallest absolute Gasteiger partial charge is 0.0775 e. The summed E-state index contributed by atoms with van der Waals surface area (Å²) >= 11 is 4.16. The number of fused-ring (bicyclic) bond motifs is 3. The van der Waals surface area contributed by atoms with E-state index in [2.05, 4.69) is 83.7 Å². The molecule has 0 saturated carbocycles. The van der Waals surface area contributed by atoms with E-state index in [0.29, 0.717) is 11.2 Å². The lowest BCUT2D eigenvalue weighted by Crippen LogP contribution is -2.22. The van der Waals surface area contributed by atoms with Gasteiger partial charge < -0.3 is 0 Å². The first kappa shape index (κ1) is 18.7. The number of rotatable bonds is 2. The van der Waals surface area contributed by atoms with Gasteiger partial charge in [0, 0.05) is 15.3 Å². The van der Waals surface area contributed by atoms with E-state index in [1.165, 1.54) is 27.1 Å². The molecule has 2 unspecified atom stereocenters. The first-order valence-corrected chi connectivity index (χ1v) is 14.3. The fraction of sp³-hybridized carbons (Fsp3) is 0.360. The van der Waals surface area contributed by atoms with E-state index in [0.717, 1.165) is 0 Å². The SMILES string of the molecule is CC1=Cc2c(C)ccc(C)c2C1C1=C(C)SC2C1=c1cc(C)sc1=C2[Si](C)C. The maximum atomic E-state index is 2.47. The molecule has 2 aliphatic carbocycles. The summed E-state index contributed by atoms with van der Waals surface area (Å²) in [7, 11) is -0.477. The van der Waals surface area contributed by atoms with Crippen LogP contribution in [0.3, 0.4) is 0 Å². The van der Waals surface area contributed by atoms with E-state index >= 15 is 0 Å². The highest BCUT2D eigenvalue weighted by Crippen LogP contribution is 2.56. The highest BCUT2D eigenvalue weighted by Gasteiger charge is 2.42. The van der Waals surface area contributed by atoms with Crippen molar-refractivity contribution in [3.63, 3.8) is 0 Å². The van der Waals surface area contributed by atoms with Gasteiger partial charge in [-0.1, -0.05) is 36.9 Å². The molecule has 0 amide bonds. The predicted molar refractivity (Wildman–Crippen MR) is 129 cm³/mol. The minimum Gasteiger partial charge on any atom is -0.141 e. The number of hydrogen-bond acceptors (Lipinski definition) is 2. The molecule has 1 aromatic carbocycles. The van der Waals surface area contributed by atoms with Crippen LogP contribution in [0.1, 0.15) is 46.9 Å². The van der Waals surface area contributed by atoms with Gasteiger partial charge in [-0.25, -0.2) is 0 Å². The molecule has 0 bridgehead atoms. The van der Waals surface area contributed by atoms with Crippen molar-refractivity contribution in [3.8, 4) is 0 Å². The Bertz CT molecular complexity index is 1220. The summed E-state index contributed by atoms with van der Waals surface area (Å²) in [4.78, 5) is 3.00. The van der Waals surface area contributed by atoms with Crippen molar-refractivity contribution in [2.45, 2.75) is 58.9 Å². The van der Waals surface area contributed by atoms with Crippen molar-refractivity contribution >= 4 is 48.7 Å². The summed E-state index contributed by atoms with van der Waals surface area (Å²) in [6.45, 7) is 16.5. The van der Waals surface area contributed by atoms with Gasteiger partial charge >= 0.3 is 0 Å². The van der Waals surface area contributed by atoms with Crippen molar-refractivity contribution in [3.05, 3.63) is 71.1 Å². The normalized spacial score (nSPS) is 22.9. The number of aryl methyl sites for hydroxylation is 3. The standard InChI is InChI=1S/C25H27S2Si/c1-12-8-9-13(2)19-17(12)10-14(3)20(19)21-16(5)27-24-22(21)18-11-15(4)26-23(18)25(24)28(6)7/h8-11,20,24H,1-7H3. The summed E-state index contributed by atoms with van der Waals surface area (Å²) in [5.41, 5.74) is 10.6. The predicted octanol–water partition coefficient (Wildman–Crippen LogP) is 5.87. The second-order valence-electron chi connectivity index (χ2n) is 8.74. The van der Waals surface area contributed by atoms with Crippen molar-refractivity contribution < 1.29 is 0 Å². The zero-order valence-corrected chi connectivity index (χ0v) is 20.4. The molecule has 28 heavy (non-hydrogen) atoms. The number of hydrogen-bond donors (Lipinski definition) is 0. The molecule has 1 aromatic heterocycles. The van der Waals surface area contributed by atoms with Gasteiger partial charge in [0.05, 0.1) is 14.0 Å². The summed E-state index contributed by atoms with van der Waals surface area (Å²) in [5, 5.41) is 3.88. The van der Waals surface area contributed by atoms with Gasteiger partial charge in [0.15, 0.2) is 0 Å². The van der Waals surface area contributed by atoms with Crippen molar-refractivity contribution in [1.82, 2.24) is 0 Å². The van der Waals surface area contributed by atoms with Crippen LogP contribution in [0, 0.1) is 20.8 Å². The Labute approximate surface area is 178 Å². The first-order valence-electron chi connectivity index (χ1n) is 10.1. The quantitative estimate of drug-likeness (QED) is 0.548. The monoisotopic (exact) mass is 419 g/mol. The van der Waals surface area contributed by atoms with E-state index in [9.17, 15) is 0 Å². The van der Waals surface area contributed by atoms with Gasteiger partial charge in [0.25, 0.3) is 0 Å². The molecule has 0 N–H and O–H groups in total. The number of thioether (sulfide) groups is 1. The van der Waals surface area contributed by atoms with Gasteiger partial charge in [0.1, 0.15) is 0 Å². The third kappa shape index (κ3) is 2.42. The third-order valence-electron chi connectivity index (χ3n) is 6.55. The Morgan fingerprint density at radius 1 is 0.929 bits per heavy atom. The molecule has 3 aliphatic rings. The average molecular weight is 420 g/mol. The van der Waals surface area contributed by atoms with Crippen molar-refractivity contribution in [1.29, 1.82) is 0 Å². The summed E-state index contributed by atoms with van der Waals surface area (Å²) in [5.74, 6) is 0.430. The summed E-state index contributed by atoms with van der Waals surface area (Å²) in [6, 6.07) is 7.07. The van der Waals surface area contributed by atoms with E-state index < -0.39 is 8.80 Å². The van der Waals surface area contributed by atoms with E-state index in [1.807, 2.05) is 11.3 Å². The van der Waals surface area contributed by atoms with Crippen LogP contribution in [0.15, 0.2) is 34.3 Å². The fourth-order valence-corrected chi connectivity index (χ4v) is 10.6. The molecule has 2 heterocycles. The van der Waals surface area contributed by atoms with Crippen molar-refractivity contribution in [2.75, 3.05) is 0 Å². The molecule has 2 atom stereocenters. The molecule has 2 aromatic rings. The molecular formula is C25H27S2Si. The van der Waals surface area contributed by atoms with E-state index in [-0.39, 0.29) is 0 Å². The number of allylic oxidation sites excluding steroid dienone is 3. The molecule has 1 aliphatic heterocycles. The van der Waals surface area contributed by atoms with Gasteiger partial charge in [-0.3, -0.25) is 0 Å². The van der Waals surface area contributed by atoms with Crippen LogP contribution in [0.25, 0.3) is 16.8 Å². The van der Waals surface area contributed by atoms with E-state index in [1.54, 1.807) is 36.6 Å². The minimum absolute atomic E-state index is 0.430. The van der Waals surface area contributed by atoms with Crippen LogP contribution in [0.5, 0.6) is 0 Å². The summed E-state index contributed by atoms with van der Waals surface area (Å²) < 4.78 is 1.61. The highest BCUT2D eigenvalue weighted by molar-refractivity contribution is 8.05. The average Bonchev–Trinajstić information content (AvgIpc) is 3.30. The van der Waals surface area contributed by atoms with Gasteiger partial charge in [0.2, 0.25) is 0 Å². The number of thiophene rings is 1. The molecule has 1 radical (unpaired) electrons. The molecule has 143 valence electrons. The van der Waals surface area contributed by atoms with Crippen LogP contribution in [-0.4, -0.2) is 14.0 Å². The second kappa shape index (κ2) is 6.35. The first-order chi connectivity index (χ1) is 13.3. The Hall–Kier alpha value is -1.29. The van der Waals surface area contributed by atoms with Crippen LogP contribution in [0.4, 0.5) is 0 Å². The lowest BCUT2D eigenvalue weighted by molar-refractivity contribution is 0.958. The largest absolute Gasteiger partial charge is 0.141 e. The molecular weight excluding hydrogens is 392 g/mol. The summed E-state index contributed by atoms with van der Waals surface area (Å²) in [6.07, 6.45) is 2.45. The maximum absolute atomic E-state index is 2.47. The molecule has 5 rings (SSSR count). The molecule has 0 fully saturated rings. The lowest BCUT2D eigenvalue weighted by Gasteiger charge is -2.22. The van der Waals surface area contributed by atoms with Crippen LogP contribution in [-0.2, 0) is 0 Å². The molecule has 3 heteroatoms.